The Morgan fingerprint density at radius 2 is 1.93 bits per heavy atom. The molecule has 3 rings (SSSR count). The fourth-order valence-electron chi connectivity index (χ4n) is 2.65. The van der Waals surface area contributed by atoms with Gasteiger partial charge in [0.25, 0.3) is 0 Å². The quantitative estimate of drug-likeness (QED) is 0.414. The van der Waals surface area contributed by atoms with Gasteiger partial charge in [-0.2, -0.15) is 10.2 Å². The van der Waals surface area contributed by atoms with Gasteiger partial charge in [0.05, 0.1) is 11.6 Å². The number of hydrogen-bond acceptors (Lipinski definition) is 5. The normalized spacial score (nSPS) is 10.4. The number of nitrogens with zero attached hydrogens (tertiary/aromatic N) is 3. The third-order valence-corrected chi connectivity index (χ3v) is 4.98. The van der Waals surface area contributed by atoms with Crippen molar-refractivity contribution < 1.29 is 4.74 Å². The third kappa shape index (κ3) is 5.08. The van der Waals surface area contributed by atoms with Gasteiger partial charge in [-0.15, -0.1) is 0 Å². The highest BCUT2D eigenvalue weighted by Crippen LogP contribution is 2.28. The lowest BCUT2D eigenvalue weighted by Gasteiger charge is -2.11. The van der Waals surface area contributed by atoms with Gasteiger partial charge in [-0.1, -0.05) is 48.5 Å². The zero-order chi connectivity index (χ0) is 19.2. The fraction of sp³-hybridized carbons (Fsp3) is 0.227. The van der Waals surface area contributed by atoms with E-state index in [4.69, 9.17) is 10.00 Å². The van der Waals surface area contributed by atoms with Crippen LogP contribution in [0.15, 0.2) is 53.7 Å². The molecule has 0 fully saturated rings. The monoisotopic (exact) mass is 375 g/mol. The van der Waals surface area contributed by atoms with Gasteiger partial charge >= 0.3 is 0 Å². The number of nitriles is 1. The number of hydrogen-bond donors (Lipinski definition) is 0. The summed E-state index contributed by atoms with van der Waals surface area (Å²) < 4.78 is 6.03. The van der Waals surface area contributed by atoms with Crippen molar-refractivity contribution in [3.63, 3.8) is 0 Å². The van der Waals surface area contributed by atoms with Crippen LogP contribution in [0, 0.1) is 25.2 Å². The van der Waals surface area contributed by atoms with E-state index in [2.05, 4.69) is 36.0 Å². The van der Waals surface area contributed by atoms with Crippen molar-refractivity contribution >= 4 is 11.8 Å². The molecular formula is C22H21N3OS. The topological polar surface area (TPSA) is 58.8 Å². The highest BCUT2D eigenvalue weighted by atomic mass is 32.2. The molecule has 1 aromatic heterocycles. The second-order valence-electron chi connectivity index (χ2n) is 6.31. The maximum Gasteiger partial charge on any atom is 0.223 e. The van der Waals surface area contributed by atoms with Gasteiger partial charge in [-0.3, -0.25) is 0 Å². The molecule has 0 bridgehead atoms. The van der Waals surface area contributed by atoms with E-state index in [0.29, 0.717) is 22.4 Å². The maximum atomic E-state index is 9.03. The highest BCUT2D eigenvalue weighted by molar-refractivity contribution is 7.98. The first-order valence-corrected chi connectivity index (χ1v) is 9.81. The lowest BCUT2D eigenvalue weighted by molar-refractivity contribution is 0.450. The van der Waals surface area contributed by atoms with Crippen LogP contribution in [0.4, 0.5) is 0 Å². The van der Waals surface area contributed by atoms with Gasteiger partial charge < -0.3 is 4.74 Å². The Kier molecular flexibility index (Phi) is 6.10. The minimum atomic E-state index is 0.557. The van der Waals surface area contributed by atoms with E-state index in [1.165, 1.54) is 5.56 Å². The molecule has 5 heteroatoms. The van der Waals surface area contributed by atoms with Crippen LogP contribution in [0.3, 0.4) is 0 Å². The molecule has 2 aromatic carbocycles. The average Bonchev–Trinajstić information content (AvgIpc) is 2.68. The molecule has 0 unspecified atom stereocenters. The maximum absolute atomic E-state index is 9.03. The van der Waals surface area contributed by atoms with E-state index in [1.807, 2.05) is 43.3 Å². The Morgan fingerprint density at radius 3 is 2.67 bits per heavy atom. The van der Waals surface area contributed by atoms with Crippen molar-refractivity contribution in [2.75, 3.05) is 0 Å². The molecule has 0 aliphatic heterocycles. The summed E-state index contributed by atoms with van der Waals surface area (Å²) in [4.78, 5) is 9.16. The number of benzene rings is 2. The number of thioether (sulfide) groups is 1. The molecule has 1 heterocycles. The summed E-state index contributed by atoms with van der Waals surface area (Å²) in [5.41, 5.74) is 4.96. The van der Waals surface area contributed by atoms with E-state index in [9.17, 15) is 0 Å². The fourth-order valence-corrected chi connectivity index (χ4v) is 3.46. The van der Waals surface area contributed by atoms with Gasteiger partial charge in [0.1, 0.15) is 5.75 Å². The predicted octanol–water partition coefficient (Wildman–Crippen LogP) is 5.61. The van der Waals surface area contributed by atoms with Crippen molar-refractivity contribution in [1.29, 1.82) is 5.26 Å². The molecule has 0 amide bonds. The molecule has 0 N–H and O–H groups in total. The van der Waals surface area contributed by atoms with Crippen LogP contribution in [0.25, 0.3) is 0 Å². The molecule has 0 saturated carbocycles. The largest absolute Gasteiger partial charge is 0.439 e. The van der Waals surface area contributed by atoms with E-state index < -0.39 is 0 Å². The van der Waals surface area contributed by atoms with Crippen molar-refractivity contribution in [1.82, 2.24) is 9.97 Å². The zero-order valence-corrected chi connectivity index (χ0v) is 16.5. The second kappa shape index (κ2) is 8.70. The summed E-state index contributed by atoms with van der Waals surface area (Å²) in [5.74, 6) is 2.06. The van der Waals surface area contributed by atoms with Crippen LogP contribution in [0.2, 0.25) is 0 Å². The molecule has 0 radical (unpaired) electrons. The molecule has 4 nitrogen and oxygen atoms in total. The summed E-state index contributed by atoms with van der Waals surface area (Å²) >= 11 is 1.54. The van der Waals surface area contributed by atoms with Crippen molar-refractivity contribution in [2.24, 2.45) is 0 Å². The van der Waals surface area contributed by atoms with E-state index >= 15 is 0 Å². The van der Waals surface area contributed by atoms with Crippen LogP contribution in [-0.2, 0) is 12.2 Å². The van der Waals surface area contributed by atoms with Crippen molar-refractivity contribution in [2.45, 2.75) is 38.1 Å². The van der Waals surface area contributed by atoms with Crippen LogP contribution in [0.1, 0.15) is 34.9 Å². The highest BCUT2D eigenvalue weighted by Gasteiger charge is 2.09. The van der Waals surface area contributed by atoms with Gasteiger partial charge in [0.2, 0.25) is 5.88 Å². The van der Waals surface area contributed by atoms with E-state index in [1.54, 1.807) is 17.8 Å². The number of aromatic nitrogens is 2. The Bertz CT molecular complexity index is 995. The minimum Gasteiger partial charge on any atom is -0.439 e. The Balaban J connectivity index is 1.79. The van der Waals surface area contributed by atoms with Gasteiger partial charge in [0, 0.05) is 17.5 Å². The number of rotatable bonds is 6. The average molecular weight is 375 g/mol. The van der Waals surface area contributed by atoms with Crippen LogP contribution >= 0.6 is 11.8 Å². The molecule has 3 aromatic rings. The Morgan fingerprint density at radius 1 is 1.07 bits per heavy atom. The first kappa shape index (κ1) is 18.9. The Hall–Kier alpha value is -2.84. The van der Waals surface area contributed by atoms with Crippen LogP contribution in [-0.4, -0.2) is 9.97 Å². The molecule has 27 heavy (non-hydrogen) atoms. The number of ether oxygens (including phenoxy) is 1. The van der Waals surface area contributed by atoms with Crippen molar-refractivity contribution in [3.05, 3.63) is 76.5 Å². The summed E-state index contributed by atoms with van der Waals surface area (Å²) in [6.45, 7) is 6.16. The standard InChI is InChI=1S/C22H21N3OS/c1-4-19-12-21(26-20-9-8-15(2)10-16(20)3)25-22(24-19)27-14-18-7-5-6-17(11-18)13-23/h5-12H,4,14H2,1-3H3. The molecule has 0 atom stereocenters. The summed E-state index contributed by atoms with van der Waals surface area (Å²) in [6, 6.07) is 17.7. The van der Waals surface area contributed by atoms with E-state index in [-0.39, 0.29) is 0 Å². The molecule has 0 aliphatic rings. The van der Waals surface area contributed by atoms with Crippen molar-refractivity contribution in [3.8, 4) is 17.7 Å². The van der Waals surface area contributed by atoms with Crippen LogP contribution in [0.5, 0.6) is 11.6 Å². The van der Waals surface area contributed by atoms with E-state index in [0.717, 1.165) is 29.0 Å². The Labute approximate surface area is 164 Å². The first-order valence-electron chi connectivity index (χ1n) is 8.82. The van der Waals surface area contributed by atoms with Gasteiger partial charge in [-0.25, -0.2) is 4.98 Å². The molecule has 0 aliphatic carbocycles. The molecular weight excluding hydrogens is 354 g/mol. The number of aryl methyl sites for hydroxylation is 3. The first-order chi connectivity index (χ1) is 13.1. The zero-order valence-electron chi connectivity index (χ0n) is 15.7. The lowest BCUT2D eigenvalue weighted by atomic mass is 10.1. The van der Waals surface area contributed by atoms with Gasteiger partial charge in [-0.05, 0) is 49.6 Å². The van der Waals surface area contributed by atoms with Crippen LogP contribution < -0.4 is 4.74 Å². The predicted molar refractivity (Wildman–Crippen MR) is 108 cm³/mol. The minimum absolute atomic E-state index is 0.557. The summed E-state index contributed by atoms with van der Waals surface area (Å²) in [6.07, 6.45) is 0.809. The lowest BCUT2D eigenvalue weighted by Crippen LogP contribution is -1.98. The third-order valence-electron chi connectivity index (χ3n) is 4.07. The van der Waals surface area contributed by atoms with Gasteiger partial charge in [0.15, 0.2) is 5.16 Å². The SMILES string of the molecule is CCc1cc(Oc2ccc(C)cc2C)nc(SCc2cccc(C#N)c2)n1. The summed E-state index contributed by atoms with van der Waals surface area (Å²) in [7, 11) is 0. The molecule has 0 spiro atoms. The smallest absolute Gasteiger partial charge is 0.223 e. The molecule has 0 saturated heterocycles. The molecule has 136 valence electrons. The second-order valence-corrected chi connectivity index (χ2v) is 7.25. The summed E-state index contributed by atoms with van der Waals surface area (Å²) in [5, 5.41) is 9.71.